The molecule has 1 atom stereocenters. The molecular weight excluding hydrogens is 502 g/mol. The van der Waals surface area contributed by atoms with Gasteiger partial charge in [0.2, 0.25) is 0 Å². The Labute approximate surface area is 220 Å². The molecule has 198 valence electrons. The van der Waals surface area contributed by atoms with Crippen molar-refractivity contribution in [3.63, 3.8) is 0 Å². The van der Waals surface area contributed by atoms with E-state index in [4.69, 9.17) is 16.3 Å². The molecule has 0 spiro atoms. The molecule has 2 aliphatic heterocycles. The number of halogens is 3. The largest absolute Gasteiger partial charge is 0.493 e. The van der Waals surface area contributed by atoms with E-state index in [1.54, 1.807) is 18.2 Å². The smallest absolute Gasteiger partial charge is 0.326 e. The first kappa shape index (κ1) is 25.9. The maximum absolute atomic E-state index is 15.1. The van der Waals surface area contributed by atoms with Gasteiger partial charge in [0, 0.05) is 19.2 Å². The molecule has 2 aromatic carbocycles. The maximum Gasteiger partial charge on any atom is 0.326 e. The molecule has 3 aliphatic rings. The van der Waals surface area contributed by atoms with Crippen LogP contribution in [0.3, 0.4) is 0 Å². The first-order valence-corrected chi connectivity index (χ1v) is 13.3. The van der Waals surface area contributed by atoms with Crippen molar-refractivity contribution in [1.29, 1.82) is 0 Å². The van der Waals surface area contributed by atoms with Crippen LogP contribution in [-0.2, 0) is 11.3 Å². The van der Waals surface area contributed by atoms with Crippen molar-refractivity contribution in [2.75, 3.05) is 26.2 Å². The van der Waals surface area contributed by atoms with E-state index in [2.05, 4.69) is 4.90 Å². The van der Waals surface area contributed by atoms with Gasteiger partial charge < -0.3 is 14.7 Å². The van der Waals surface area contributed by atoms with Gasteiger partial charge in [-0.3, -0.25) is 9.69 Å². The van der Waals surface area contributed by atoms with Crippen molar-refractivity contribution in [2.45, 2.75) is 57.0 Å². The summed E-state index contributed by atoms with van der Waals surface area (Å²) in [5, 5.41) is 9.55. The SMILES string of the molecule is O=C(O)[C@@H]1CCCN1C(=O)c1cc(C2CC2)c(OCC2CCN(Cc3ccc(F)c(Cl)c3)CC2)cc1F. The fraction of sp³-hybridized carbons (Fsp3) is 0.500. The summed E-state index contributed by atoms with van der Waals surface area (Å²) in [5.41, 5.74) is 1.74. The third kappa shape index (κ3) is 5.91. The lowest BCUT2D eigenvalue weighted by molar-refractivity contribution is -0.141. The van der Waals surface area contributed by atoms with Gasteiger partial charge in [0.05, 0.1) is 17.2 Å². The van der Waals surface area contributed by atoms with E-state index in [0.29, 0.717) is 44.2 Å². The van der Waals surface area contributed by atoms with Gasteiger partial charge in [0.15, 0.2) is 0 Å². The lowest BCUT2D eigenvalue weighted by atomic mass is 9.97. The Kier molecular flexibility index (Phi) is 7.67. The van der Waals surface area contributed by atoms with Crippen LogP contribution in [0.1, 0.15) is 65.9 Å². The van der Waals surface area contributed by atoms with Gasteiger partial charge in [-0.1, -0.05) is 17.7 Å². The van der Waals surface area contributed by atoms with Crippen LogP contribution in [0.15, 0.2) is 30.3 Å². The van der Waals surface area contributed by atoms with Crippen LogP contribution in [-0.4, -0.2) is 59.1 Å². The van der Waals surface area contributed by atoms with Crippen LogP contribution in [0.25, 0.3) is 0 Å². The summed E-state index contributed by atoms with van der Waals surface area (Å²) in [6.07, 6.45) is 4.76. The number of aliphatic carboxylic acids is 1. The van der Waals surface area contributed by atoms with Crippen LogP contribution in [0, 0.1) is 17.6 Å². The molecule has 1 N–H and O–H groups in total. The Balaban J connectivity index is 1.20. The number of benzene rings is 2. The van der Waals surface area contributed by atoms with E-state index in [9.17, 15) is 19.1 Å². The average molecular weight is 533 g/mol. The zero-order valence-electron chi connectivity index (χ0n) is 20.6. The molecule has 1 aliphatic carbocycles. The number of piperidine rings is 1. The minimum Gasteiger partial charge on any atom is -0.493 e. The Morgan fingerprint density at radius 3 is 2.43 bits per heavy atom. The topological polar surface area (TPSA) is 70.1 Å². The van der Waals surface area contributed by atoms with Crippen molar-refractivity contribution in [1.82, 2.24) is 9.80 Å². The van der Waals surface area contributed by atoms with Crippen LogP contribution >= 0.6 is 11.6 Å². The van der Waals surface area contributed by atoms with Crippen molar-refractivity contribution < 1.29 is 28.2 Å². The van der Waals surface area contributed by atoms with Crippen LogP contribution in [0.4, 0.5) is 8.78 Å². The number of rotatable bonds is 8. The van der Waals surface area contributed by atoms with Gasteiger partial charge in [0.1, 0.15) is 23.4 Å². The lowest BCUT2D eigenvalue weighted by Crippen LogP contribution is -2.40. The van der Waals surface area contributed by atoms with Crippen molar-refractivity contribution in [3.05, 3.63) is 63.7 Å². The van der Waals surface area contributed by atoms with E-state index >= 15 is 4.39 Å². The zero-order valence-corrected chi connectivity index (χ0v) is 21.4. The number of hydrogen-bond donors (Lipinski definition) is 1. The molecule has 5 rings (SSSR count). The minimum absolute atomic E-state index is 0.0726. The molecule has 1 amide bonds. The Bertz CT molecular complexity index is 1180. The van der Waals surface area contributed by atoms with Crippen LogP contribution in [0.2, 0.25) is 5.02 Å². The molecule has 1 saturated carbocycles. The summed E-state index contributed by atoms with van der Waals surface area (Å²) < 4.78 is 34.6. The fourth-order valence-electron chi connectivity index (χ4n) is 5.41. The fourth-order valence-corrected chi connectivity index (χ4v) is 5.61. The molecular formula is C28H31ClF2N2O4. The summed E-state index contributed by atoms with van der Waals surface area (Å²) in [4.78, 5) is 28.1. The highest BCUT2D eigenvalue weighted by Gasteiger charge is 2.37. The summed E-state index contributed by atoms with van der Waals surface area (Å²) in [5.74, 6) is -1.66. The van der Waals surface area contributed by atoms with Gasteiger partial charge in [-0.25, -0.2) is 13.6 Å². The first-order valence-electron chi connectivity index (χ1n) is 13.0. The predicted octanol–water partition coefficient (Wildman–Crippen LogP) is 5.48. The highest BCUT2D eigenvalue weighted by atomic mass is 35.5. The number of nitrogens with zero attached hydrogens (tertiary/aromatic N) is 2. The normalized spacial score (nSPS) is 20.8. The zero-order chi connectivity index (χ0) is 26.1. The second-order valence-corrected chi connectivity index (χ2v) is 10.8. The van der Waals surface area contributed by atoms with Crippen molar-refractivity contribution in [3.8, 4) is 5.75 Å². The summed E-state index contributed by atoms with van der Waals surface area (Å²) in [6.45, 7) is 3.25. The molecule has 3 fully saturated rings. The summed E-state index contributed by atoms with van der Waals surface area (Å²) in [6, 6.07) is 6.80. The second kappa shape index (κ2) is 11.0. The number of carbonyl (C=O) groups excluding carboxylic acids is 1. The van der Waals surface area contributed by atoms with Gasteiger partial charge in [-0.2, -0.15) is 0 Å². The highest BCUT2D eigenvalue weighted by molar-refractivity contribution is 6.30. The molecule has 37 heavy (non-hydrogen) atoms. The van der Waals surface area contributed by atoms with Gasteiger partial charge in [-0.15, -0.1) is 0 Å². The Morgan fingerprint density at radius 1 is 1.00 bits per heavy atom. The van der Waals surface area contributed by atoms with Crippen molar-refractivity contribution >= 4 is 23.5 Å². The van der Waals surface area contributed by atoms with E-state index in [1.807, 2.05) is 0 Å². The number of ether oxygens (including phenoxy) is 1. The Hall–Kier alpha value is -2.71. The highest BCUT2D eigenvalue weighted by Crippen LogP contribution is 2.45. The van der Waals surface area contributed by atoms with Crippen molar-refractivity contribution in [2.24, 2.45) is 5.92 Å². The van der Waals surface area contributed by atoms with E-state index in [-0.39, 0.29) is 16.5 Å². The number of carboxylic acid groups (broad SMARTS) is 1. The molecule has 0 aromatic heterocycles. The second-order valence-electron chi connectivity index (χ2n) is 10.4. The van der Waals surface area contributed by atoms with E-state index < -0.39 is 29.6 Å². The molecule has 0 unspecified atom stereocenters. The van der Waals surface area contributed by atoms with Crippen LogP contribution < -0.4 is 4.74 Å². The number of carboxylic acids is 1. The first-order chi connectivity index (χ1) is 17.8. The van der Waals surface area contributed by atoms with E-state index in [1.165, 1.54) is 17.0 Å². The standard InChI is InChI=1S/C28H31ClF2N2O4/c29-22-12-18(3-6-23(22)30)15-32-10-7-17(8-11-32)16-37-26-14-24(31)21(13-20(26)19-4-5-19)27(34)33-9-1-2-25(33)28(35)36/h3,6,12-14,17,19,25H,1-2,4-5,7-11,15-16H2,(H,35,36)/t25-/m0/s1. The van der Waals surface area contributed by atoms with Crippen LogP contribution in [0.5, 0.6) is 5.75 Å². The molecule has 2 aromatic rings. The number of amides is 1. The summed E-state index contributed by atoms with van der Waals surface area (Å²) in [7, 11) is 0. The number of carbonyl (C=O) groups is 2. The van der Waals surface area contributed by atoms with Gasteiger partial charge >= 0.3 is 5.97 Å². The lowest BCUT2D eigenvalue weighted by Gasteiger charge is -2.32. The summed E-state index contributed by atoms with van der Waals surface area (Å²) >= 11 is 5.90. The molecule has 0 radical (unpaired) electrons. The Morgan fingerprint density at radius 2 is 1.76 bits per heavy atom. The van der Waals surface area contributed by atoms with E-state index in [0.717, 1.165) is 49.9 Å². The quantitative estimate of drug-likeness (QED) is 0.488. The van der Waals surface area contributed by atoms with Gasteiger partial charge in [-0.05, 0) is 92.8 Å². The predicted molar refractivity (Wildman–Crippen MR) is 135 cm³/mol. The molecule has 6 nitrogen and oxygen atoms in total. The molecule has 0 bridgehead atoms. The number of likely N-dealkylation sites (tertiary alicyclic amines) is 2. The molecule has 2 heterocycles. The monoisotopic (exact) mass is 532 g/mol. The number of hydrogen-bond acceptors (Lipinski definition) is 4. The minimum atomic E-state index is -1.05. The third-order valence-electron chi connectivity index (χ3n) is 7.72. The van der Waals surface area contributed by atoms with Gasteiger partial charge in [0.25, 0.3) is 5.91 Å². The maximum atomic E-state index is 15.1. The molecule has 9 heteroatoms. The molecule has 2 saturated heterocycles. The average Bonchev–Trinajstić information content (AvgIpc) is 3.60. The third-order valence-corrected chi connectivity index (χ3v) is 8.01.